The van der Waals surface area contributed by atoms with Gasteiger partial charge in [-0.05, 0) is 54.7 Å². The van der Waals surface area contributed by atoms with Gasteiger partial charge in [0.05, 0.1) is 0 Å². The second-order valence-corrected chi connectivity index (χ2v) is 11.2. The summed E-state index contributed by atoms with van der Waals surface area (Å²) in [7, 11) is 0. The molecule has 0 radical (unpaired) electrons. The molecule has 4 heteroatoms. The van der Waals surface area contributed by atoms with Gasteiger partial charge in [0.2, 0.25) is 0 Å². The lowest BCUT2D eigenvalue weighted by Crippen LogP contribution is -2.12. The minimum Gasteiger partial charge on any atom is -0.491 e. The largest absolute Gasteiger partial charge is 0.491 e. The van der Waals surface area contributed by atoms with E-state index in [1.165, 1.54) is 82.6 Å². The Bertz CT molecular complexity index is 1030. The van der Waals surface area contributed by atoms with Gasteiger partial charge in [-0.3, -0.25) is 0 Å². The summed E-state index contributed by atoms with van der Waals surface area (Å²) in [5.74, 6) is 1.35. The highest BCUT2D eigenvalue weighted by molar-refractivity contribution is 5.64. The van der Waals surface area contributed by atoms with E-state index < -0.39 is 6.17 Å². The van der Waals surface area contributed by atoms with Crippen LogP contribution in [0.3, 0.4) is 0 Å². The Kier molecular flexibility index (Phi) is 15.4. The van der Waals surface area contributed by atoms with Crippen molar-refractivity contribution >= 4 is 0 Å². The van der Waals surface area contributed by atoms with Gasteiger partial charge >= 0.3 is 0 Å². The second kappa shape index (κ2) is 19.3. The highest BCUT2D eigenvalue weighted by Gasteiger charge is 2.09. The lowest BCUT2D eigenvalue weighted by molar-refractivity contribution is 0.184. The third kappa shape index (κ3) is 12.2. The van der Waals surface area contributed by atoms with Crippen LogP contribution in [-0.2, 0) is 6.42 Å². The summed E-state index contributed by atoms with van der Waals surface area (Å²) in [6.45, 7) is 4.61. The smallest absolute Gasteiger partial charge is 0.159 e. The maximum Gasteiger partial charge on any atom is 0.159 e. The van der Waals surface area contributed by atoms with Crippen LogP contribution in [0, 0.1) is 0 Å². The van der Waals surface area contributed by atoms with Crippen molar-refractivity contribution in [1.29, 1.82) is 0 Å². The quantitative estimate of drug-likeness (QED) is 0.125. The number of benzene rings is 2. The van der Waals surface area contributed by atoms with Crippen molar-refractivity contribution < 1.29 is 9.13 Å². The van der Waals surface area contributed by atoms with Crippen LogP contribution in [0.5, 0.6) is 5.75 Å². The van der Waals surface area contributed by atoms with Gasteiger partial charge in [0.1, 0.15) is 18.5 Å². The maximum atomic E-state index is 14.3. The number of unbranched alkanes of at least 4 members (excludes halogenated alkanes) is 12. The summed E-state index contributed by atoms with van der Waals surface area (Å²) in [6, 6.07) is 16.4. The molecule has 0 N–H and O–H groups in total. The molecule has 0 bridgehead atoms. The Hall–Kier alpha value is -2.75. The van der Waals surface area contributed by atoms with Crippen LogP contribution in [0.1, 0.15) is 116 Å². The van der Waals surface area contributed by atoms with Crippen LogP contribution >= 0.6 is 0 Å². The van der Waals surface area contributed by atoms with E-state index in [1.807, 2.05) is 36.7 Å². The number of hydrogen-bond acceptors (Lipinski definition) is 3. The van der Waals surface area contributed by atoms with Crippen molar-refractivity contribution in [2.24, 2.45) is 0 Å². The van der Waals surface area contributed by atoms with E-state index in [0.717, 1.165) is 36.0 Å². The summed E-state index contributed by atoms with van der Waals surface area (Å²) < 4.78 is 20.0. The molecular formula is C36H51FN2O. The Morgan fingerprint density at radius 3 is 1.73 bits per heavy atom. The third-order valence-corrected chi connectivity index (χ3v) is 7.67. The Labute approximate surface area is 243 Å². The van der Waals surface area contributed by atoms with E-state index >= 15 is 0 Å². The van der Waals surface area contributed by atoms with Crippen LogP contribution in [0.2, 0.25) is 0 Å². The molecule has 0 aliphatic rings. The number of aryl methyl sites for hydroxylation is 1. The zero-order chi connectivity index (χ0) is 28.3. The predicted molar refractivity (Wildman–Crippen MR) is 168 cm³/mol. The predicted octanol–water partition coefficient (Wildman–Crippen LogP) is 11.0. The highest BCUT2D eigenvalue weighted by Crippen LogP contribution is 2.24. The van der Waals surface area contributed by atoms with Crippen molar-refractivity contribution in [1.82, 2.24) is 9.97 Å². The third-order valence-electron chi connectivity index (χ3n) is 7.67. The van der Waals surface area contributed by atoms with Gasteiger partial charge in [0, 0.05) is 23.5 Å². The first-order chi connectivity index (χ1) is 19.7. The zero-order valence-electron chi connectivity index (χ0n) is 25.1. The lowest BCUT2D eigenvalue weighted by atomic mass is 10.0. The molecule has 2 aromatic carbocycles. The van der Waals surface area contributed by atoms with Crippen molar-refractivity contribution in [3.63, 3.8) is 0 Å². The molecule has 1 heterocycles. The normalized spacial score (nSPS) is 12.0. The van der Waals surface area contributed by atoms with Crippen LogP contribution < -0.4 is 4.74 Å². The van der Waals surface area contributed by atoms with Gasteiger partial charge in [-0.25, -0.2) is 14.4 Å². The monoisotopic (exact) mass is 546 g/mol. The summed E-state index contributed by atoms with van der Waals surface area (Å²) in [4.78, 5) is 9.19. The first-order valence-corrected chi connectivity index (χ1v) is 16.0. The number of nitrogens with zero attached hydrogens (tertiary/aromatic N) is 2. The molecule has 3 aromatic rings. The average Bonchev–Trinajstić information content (AvgIpc) is 3.00. The van der Waals surface area contributed by atoms with Crippen LogP contribution in [-0.4, -0.2) is 22.7 Å². The van der Waals surface area contributed by atoms with Gasteiger partial charge in [0.15, 0.2) is 5.82 Å². The molecule has 0 aliphatic carbocycles. The number of alkyl halides is 1. The molecule has 0 fully saturated rings. The Morgan fingerprint density at radius 2 is 1.12 bits per heavy atom. The van der Waals surface area contributed by atoms with E-state index in [9.17, 15) is 4.39 Å². The number of ether oxygens (including phenoxy) is 1. The standard InChI is InChI=1S/C36H51FN2O/c1-3-5-7-9-11-12-14-16-18-34(37)29-40-35-25-23-32(24-26-35)36-38-27-33(28-39-36)31-21-19-30(20-22-31)17-15-13-10-8-6-4-2/h19-28,34H,3-18,29H2,1-2H3. The van der Waals surface area contributed by atoms with E-state index in [-0.39, 0.29) is 6.61 Å². The number of rotatable bonds is 21. The SMILES string of the molecule is CCCCCCCCCCC(F)COc1ccc(-c2ncc(-c3ccc(CCCCCCCC)cc3)cn2)cc1. The van der Waals surface area contributed by atoms with Gasteiger partial charge < -0.3 is 4.74 Å². The van der Waals surface area contributed by atoms with Crippen LogP contribution in [0.15, 0.2) is 60.9 Å². The second-order valence-electron chi connectivity index (χ2n) is 11.2. The molecule has 1 aromatic heterocycles. The molecule has 3 nitrogen and oxygen atoms in total. The summed E-state index contributed by atoms with van der Waals surface area (Å²) in [5.41, 5.74) is 4.46. The molecular weight excluding hydrogens is 495 g/mol. The minimum absolute atomic E-state index is 0.110. The summed E-state index contributed by atoms with van der Waals surface area (Å²) >= 11 is 0. The van der Waals surface area contributed by atoms with E-state index in [1.54, 1.807) is 0 Å². The average molecular weight is 547 g/mol. The molecule has 0 amide bonds. The molecule has 1 unspecified atom stereocenters. The molecule has 218 valence electrons. The first kappa shape index (κ1) is 31.8. The summed E-state index contributed by atoms with van der Waals surface area (Å²) in [5, 5.41) is 0. The topological polar surface area (TPSA) is 35.0 Å². The van der Waals surface area contributed by atoms with Gasteiger partial charge in [-0.1, -0.05) is 122 Å². The molecule has 0 saturated heterocycles. The summed E-state index contributed by atoms with van der Waals surface area (Å²) in [6.07, 6.45) is 22.3. The molecule has 0 aliphatic heterocycles. The Morgan fingerprint density at radius 1 is 0.600 bits per heavy atom. The molecule has 40 heavy (non-hydrogen) atoms. The zero-order valence-corrected chi connectivity index (χ0v) is 25.1. The van der Waals surface area contributed by atoms with Crippen molar-refractivity contribution in [3.8, 4) is 28.3 Å². The van der Waals surface area contributed by atoms with E-state index in [2.05, 4.69) is 48.1 Å². The first-order valence-electron chi connectivity index (χ1n) is 16.0. The maximum absolute atomic E-state index is 14.3. The van der Waals surface area contributed by atoms with Crippen molar-refractivity contribution in [2.75, 3.05) is 6.61 Å². The molecule has 0 saturated carbocycles. The highest BCUT2D eigenvalue weighted by atomic mass is 19.1. The number of aromatic nitrogens is 2. The van der Waals surface area contributed by atoms with Gasteiger partial charge in [-0.2, -0.15) is 0 Å². The molecule has 0 spiro atoms. The Balaban J connectivity index is 1.37. The number of hydrogen-bond donors (Lipinski definition) is 0. The van der Waals surface area contributed by atoms with Crippen LogP contribution in [0.25, 0.3) is 22.5 Å². The van der Waals surface area contributed by atoms with Crippen molar-refractivity contribution in [3.05, 3.63) is 66.5 Å². The van der Waals surface area contributed by atoms with Crippen LogP contribution in [0.4, 0.5) is 4.39 Å². The van der Waals surface area contributed by atoms with Gasteiger partial charge in [-0.15, -0.1) is 0 Å². The molecule has 3 rings (SSSR count). The molecule has 1 atom stereocenters. The van der Waals surface area contributed by atoms with E-state index in [4.69, 9.17) is 4.74 Å². The lowest BCUT2D eigenvalue weighted by Gasteiger charge is -2.11. The van der Waals surface area contributed by atoms with Gasteiger partial charge in [0.25, 0.3) is 0 Å². The number of halogens is 1. The fraction of sp³-hybridized carbons (Fsp3) is 0.556. The minimum atomic E-state index is -0.916. The van der Waals surface area contributed by atoms with E-state index in [0.29, 0.717) is 18.0 Å². The fourth-order valence-electron chi connectivity index (χ4n) is 5.07. The fourth-order valence-corrected chi connectivity index (χ4v) is 5.07. The van der Waals surface area contributed by atoms with Crippen molar-refractivity contribution in [2.45, 2.75) is 123 Å².